The standard InChI is InChI=1S/C44H59N3O6/c1-5-6-7-11-27-18-29-21-35(49)30(17-25(2)3)20-32(29)42-40(51-4)24-38-33(41(27)42)23-36(50)43(53-38)28-13-14-34(48)39(22-28)52-37-12-9-8-10-26(37)19-31-15-16-46-44(45)47-31/h13-14,20-22,24-27,31,36-37,43,48-50H,5-12,15-19,23H2,1-4H3,(H3,45,46,47). The lowest BCUT2D eigenvalue weighted by atomic mass is 9.72. The number of aliphatic imine (C=N–C) groups is 1. The molecule has 0 amide bonds. The molecule has 4 aliphatic rings. The van der Waals surface area contributed by atoms with E-state index in [1.165, 1.54) is 5.56 Å². The van der Waals surface area contributed by atoms with Crippen molar-refractivity contribution in [3.8, 4) is 39.9 Å². The Hall–Kier alpha value is -4.11. The third kappa shape index (κ3) is 7.91. The van der Waals surface area contributed by atoms with Crippen LogP contribution in [0, 0.1) is 11.8 Å². The Morgan fingerprint density at radius 2 is 1.83 bits per heavy atom. The quantitative estimate of drug-likeness (QED) is 0.118. The SMILES string of the molecule is CCCCCC1Cc2cc(O)c(CC(C)C)cc2-c2c(OC)cc3c(c21)CC(O)C(c1ccc(O)c(OC2CCCCC2CC2CCN=C(N)N2)c1)O3. The number of aliphatic hydroxyl groups excluding tert-OH is 1. The van der Waals surface area contributed by atoms with Crippen molar-refractivity contribution in [1.82, 2.24) is 5.32 Å². The van der Waals surface area contributed by atoms with Gasteiger partial charge in [0.05, 0.1) is 13.2 Å². The number of unbranched alkanes of at least 4 members (excludes halogenated alkanes) is 2. The Morgan fingerprint density at radius 1 is 1.00 bits per heavy atom. The number of benzene rings is 3. The van der Waals surface area contributed by atoms with E-state index in [1.54, 1.807) is 13.2 Å². The van der Waals surface area contributed by atoms with Crippen molar-refractivity contribution in [2.45, 2.75) is 135 Å². The topological polar surface area (TPSA) is 139 Å². The molecule has 0 saturated heterocycles. The third-order valence-electron chi connectivity index (χ3n) is 12.0. The van der Waals surface area contributed by atoms with E-state index in [4.69, 9.17) is 19.9 Å². The van der Waals surface area contributed by atoms with Crippen LogP contribution in [0.4, 0.5) is 0 Å². The molecule has 6 N–H and O–H groups in total. The molecule has 6 atom stereocenters. The minimum absolute atomic E-state index is 0.0315. The maximum Gasteiger partial charge on any atom is 0.188 e. The number of hydrogen-bond donors (Lipinski definition) is 5. The first-order valence-electron chi connectivity index (χ1n) is 20.1. The molecule has 286 valence electrons. The zero-order chi connectivity index (χ0) is 37.2. The van der Waals surface area contributed by atoms with Crippen molar-refractivity contribution < 1.29 is 29.5 Å². The number of fused-ring (bicyclic) bond motifs is 5. The van der Waals surface area contributed by atoms with Gasteiger partial charge in [0, 0.05) is 36.2 Å². The molecule has 3 aromatic carbocycles. The molecule has 7 rings (SSSR count). The minimum atomic E-state index is -0.807. The van der Waals surface area contributed by atoms with Gasteiger partial charge in [0.1, 0.15) is 29.5 Å². The number of ether oxygens (including phenoxy) is 3. The van der Waals surface area contributed by atoms with Gasteiger partial charge in [-0.15, -0.1) is 0 Å². The number of nitrogens with two attached hydrogens (primary N) is 1. The molecule has 1 saturated carbocycles. The number of rotatable bonds is 12. The lowest BCUT2D eigenvalue weighted by Gasteiger charge is -2.38. The molecule has 2 heterocycles. The normalized spacial score (nSPS) is 25.0. The van der Waals surface area contributed by atoms with E-state index in [0.717, 1.165) is 128 Å². The molecule has 2 aliphatic heterocycles. The molecular formula is C44H59N3O6. The molecule has 0 bridgehead atoms. The van der Waals surface area contributed by atoms with Gasteiger partial charge in [-0.1, -0.05) is 52.5 Å². The number of nitrogens with zero attached hydrogens (tertiary/aromatic N) is 1. The van der Waals surface area contributed by atoms with Crippen LogP contribution < -0.4 is 25.3 Å². The van der Waals surface area contributed by atoms with E-state index in [9.17, 15) is 15.3 Å². The van der Waals surface area contributed by atoms with Crippen molar-refractivity contribution >= 4 is 5.96 Å². The molecule has 0 aromatic heterocycles. The van der Waals surface area contributed by atoms with Crippen LogP contribution in [-0.2, 0) is 19.3 Å². The Balaban J connectivity index is 1.20. The lowest BCUT2D eigenvalue weighted by molar-refractivity contribution is 0.0197. The first-order valence-corrected chi connectivity index (χ1v) is 20.1. The van der Waals surface area contributed by atoms with Crippen molar-refractivity contribution in [2.24, 2.45) is 22.6 Å². The van der Waals surface area contributed by atoms with Gasteiger partial charge in [0.15, 0.2) is 17.5 Å². The van der Waals surface area contributed by atoms with Crippen LogP contribution in [0.3, 0.4) is 0 Å². The molecule has 6 unspecified atom stereocenters. The molecule has 9 heteroatoms. The molecular weight excluding hydrogens is 666 g/mol. The monoisotopic (exact) mass is 725 g/mol. The second kappa shape index (κ2) is 16.1. The Labute approximate surface area is 315 Å². The van der Waals surface area contributed by atoms with E-state index in [-0.39, 0.29) is 23.8 Å². The fraction of sp³-hybridized carbons (Fsp3) is 0.568. The number of guanidine groups is 1. The fourth-order valence-electron chi connectivity index (χ4n) is 9.43. The van der Waals surface area contributed by atoms with Crippen molar-refractivity contribution in [3.63, 3.8) is 0 Å². The Morgan fingerprint density at radius 3 is 2.60 bits per heavy atom. The zero-order valence-electron chi connectivity index (χ0n) is 32.0. The van der Waals surface area contributed by atoms with E-state index in [0.29, 0.717) is 35.7 Å². The van der Waals surface area contributed by atoms with Crippen molar-refractivity contribution in [2.75, 3.05) is 13.7 Å². The molecule has 9 nitrogen and oxygen atoms in total. The summed E-state index contributed by atoms with van der Waals surface area (Å²) in [4.78, 5) is 4.29. The smallest absolute Gasteiger partial charge is 0.188 e. The summed E-state index contributed by atoms with van der Waals surface area (Å²) in [6.07, 6.45) is 11.1. The average Bonchev–Trinajstić information content (AvgIpc) is 3.13. The molecule has 1 fully saturated rings. The Kier molecular flexibility index (Phi) is 11.3. The second-order valence-corrected chi connectivity index (χ2v) is 16.3. The van der Waals surface area contributed by atoms with Crippen LogP contribution in [0.5, 0.6) is 28.7 Å². The van der Waals surface area contributed by atoms with Crippen LogP contribution in [0.1, 0.15) is 125 Å². The van der Waals surface area contributed by atoms with E-state index >= 15 is 0 Å². The number of aliphatic hydroxyl groups is 1. The third-order valence-corrected chi connectivity index (χ3v) is 12.0. The van der Waals surface area contributed by atoms with Crippen LogP contribution in [0.15, 0.2) is 41.4 Å². The highest BCUT2D eigenvalue weighted by Gasteiger charge is 2.39. The molecule has 53 heavy (non-hydrogen) atoms. The highest BCUT2D eigenvalue weighted by atomic mass is 16.5. The zero-order valence-corrected chi connectivity index (χ0v) is 32.0. The largest absolute Gasteiger partial charge is 0.508 e. The summed E-state index contributed by atoms with van der Waals surface area (Å²) in [5.41, 5.74) is 13.3. The van der Waals surface area contributed by atoms with Gasteiger partial charge >= 0.3 is 0 Å². The highest BCUT2D eigenvalue weighted by molar-refractivity contribution is 5.83. The van der Waals surface area contributed by atoms with Gasteiger partial charge in [-0.25, -0.2) is 0 Å². The summed E-state index contributed by atoms with van der Waals surface area (Å²) in [7, 11) is 1.71. The van der Waals surface area contributed by atoms with Crippen LogP contribution >= 0.6 is 0 Å². The van der Waals surface area contributed by atoms with Crippen LogP contribution in [0.2, 0.25) is 0 Å². The number of aromatic hydroxyl groups is 2. The molecule has 2 aliphatic carbocycles. The van der Waals surface area contributed by atoms with Gasteiger partial charge in [0.2, 0.25) is 0 Å². The van der Waals surface area contributed by atoms with E-state index in [2.05, 4.69) is 37.1 Å². The maximum absolute atomic E-state index is 11.9. The van der Waals surface area contributed by atoms with Gasteiger partial charge in [-0.2, -0.15) is 0 Å². The summed E-state index contributed by atoms with van der Waals surface area (Å²) in [6.45, 7) is 7.30. The van der Waals surface area contributed by atoms with Crippen molar-refractivity contribution in [1.29, 1.82) is 0 Å². The average molecular weight is 726 g/mol. The summed E-state index contributed by atoms with van der Waals surface area (Å²) in [6, 6.07) is 11.7. The predicted octanol–water partition coefficient (Wildman–Crippen LogP) is 8.23. The number of nitrogens with one attached hydrogen (secondary N) is 1. The van der Waals surface area contributed by atoms with E-state index < -0.39 is 12.2 Å². The summed E-state index contributed by atoms with van der Waals surface area (Å²) >= 11 is 0. The maximum atomic E-state index is 11.9. The Bertz CT molecular complexity index is 1810. The molecule has 0 spiro atoms. The van der Waals surface area contributed by atoms with Gasteiger partial charge in [-0.05, 0) is 121 Å². The van der Waals surface area contributed by atoms with Gasteiger partial charge < -0.3 is 40.6 Å². The minimum Gasteiger partial charge on any atom is -0.508 e. The molecule has 0 radical (unpaired) electrons. The number of hydrogen-bond acceptors (Lipinski definition) is 9. The summed E-state index contributed by atoms with van der Waals surface area (Å²) in [5.74, 6) is 3.81. The van der Waals surface area contributed by atoms with Crippen LogP contribution in [-0.4, -0.2) is 53.2 Å². The predicted molar refractivity (Wildman–Crippen MR) is 209 cm³/mol. The number of phenols is 2. The lowest BCUT2D eigenvalue weighted by Crippen LogP contribution is -2.46. The molecule has 3 aromatic rings. The summed E-state index contributed by atoms with van der Waals surface area (Å²) in [5, 5.41) is 37.3. The first kappa shape index (κ1) is 37.2. The van der Waals surface area contributed by atoms with Gasteiger partial charge in [-0.3, -0.25) is 4.99 Å². The van der Waals surface area contributed by atoms with Crippen LogP contribution in [0.25, 0.3) is 11.1 Å². The highest BCUT2D eigenvalue weighted by Crippen LogP contribution is 2.54. The van der Waals surface area contributed by atoms with Crippen molar-refractivity contribution in [3.05, 3.63) is 64.2 Å². The number of methoxy groups -OCH3 is 1. The fourth-order valence-corrected chi connectivity index (χ4v) is 9.43. The summed E-state index contributed by atoms with van der Waals surface area (Å²) < 4.78 is 19.6. The van der Waals surface area contributed by atoms with Gasteiger partial charge in [0.25, 0.3) is 0 Å². The second-order valence-electron chi connectivity index (χ2n) is 16.3. The van der Waals surface area contributed by atoms with E-state index in [1.807, 2.05) is 24.3 Å². The first-order chi connectivity index (χ1) is 25.6. The number of phenolic OH excluding ortho intramolecular Hbond substituents is 2.